The molecule has 1 heterocycles. The summed E-state index contributed by atoms with van der Waals surface area (Å²) in [5, 5.41) is 8.76. The molecule has 1 saturated carbocycles. The molecule has 1 fully saturated rings. The van der Waals surface area contributed by atoms with Crippen molar-refractivity contribution >= 4 is 31.9 Å². The van der Waals surface area contributed by atoms with Gasteiger partial charge in [0, 0.05) is 12.6 Å². The molecule has 0 aliphatic heterocycles. The number of sulfonamides is 1. The summed E-state index contributed by atoms with van der Waals surface area (Å²) in [6.07, 6.45) is 0.975. The van der Waals surface area contributed by atoms with Gasteiger partial charge in [-0.15, -0.1) is 0 Å². The molecule has 0 aromatic carbocycles. The van der Waals surface area contributed by atoms with Crippen molar-refractivity contribution in [2.45, 2.75) is 25.2 Å². The zero-order chi connectivity index (χ0) is 14.4. The van der Waals surface area contributed by atoms with E-state index in [0.29, 0.717) is 12.5 Å². The number of rotatable bonds is 5. The minimum atomic E-state index is -3.76. The van der Waals surface area contributed by atoms with Gasteiger partial charge in [0.1, 0.15) is 4.90 Å². The van der Waals surface area contributed by atoms with Crippen molar-refractivity contribution in [2.75, 3.05) is 6.54 Å². The highest BCUT2D eigenvalue weighted by Gasteiger charge is 2.45. The largest absolute Gasteiger partial charge is 0.475 e. The number of hydrogen-bond donors (Lipinski definition) is 2. The maximum absolute atomic E-state index is 12.0. The molecular weight excluding hydrogens is 338 g/mol. The molecule has 1 aromatic rings. The zero-order valence-electron chi connectivity index (χ0n) is 10.4. The summed E-state index contributed by atoms with van der Waals surface area (Å²) in [6, 6.07) is 0.993. The fourth-order valence-corrected chi connectivity index (χ4v) is 3.87. The van der Waals surface area contributed by atoms with Gasteiger partial charge in [-0.2, -0.15) is 0 Å². The van der Waals surface area contributed by atoms with Gasteiger partial charge < -0.3 is 9.52 Å². The number of aromatic carboxylic acids is 1. The van der Waals surface area contributed by atoms with Crippen LogP contribution in [0.15, 0.2) is 20.0 Å². The van der Waals surface area contributed by atoms with Crippen LogP contribution in [0.3, 0.4) is 0 Å². The minimum absolute atomic E-state index is 0.104. The lowest BCUT2D eigenvalue weighted by atomic mass is 10.1. The fraction of sp³-hybridized carbons (Fsp3) is 0.545. The lowest BCUT2D eigenvalue weighted by Gasteiger charge is -2.06. The van der Waals surface area contributed by atoms with E-state index in [2.05, 4.69) is 34.5 Å². The van der Waals surface area contributed by atoms with Gasteiger partial charge in [0.2, 0.25) is 15.8 Å². The highest BCUT2D eigenvalue weighted by Crippen LogP contribution is 2.51. The van der Waals surface area contributed by atoms with Crippen LogP contribution in [-0.4, -0.2) is 26.0 Å². The highest BCUT2D eigenvalue weighted by molar-refractivity contribution is 9.10. The monoisotopic (exact) mass is 351 g/mol. The maximum Gasteiger partial charge on any atom is 0.371 e. The summed E-state index contributed by atoms with van der Waals surface area (Å²) in [7, 11) is -3.76. The average molecular weight is 352 g/mol. The SMILES string of the molecule is CC1(C)CC1CNS(=O)(=O)c1cc(C(=O)O)oc1Br. The number of carboxylic acids is 1. The van der Waals surface area contributed by atoms with Crippen molar-refractivity contribution in [1.82, 2.24) is 4.72 Å². The lowest BCUT2D eigenvalue weighted by Crippen LogP contribution is -2.26. The predicted molar refractivity (Wildman–Crippen MR) is 70.4 cm³/mol. The topological polar surface area (TPSA) is 96.6 Å². The minimum Gasteiger partial charge on any atom is -0.475 e. The molecule has 1 aliphatic carbocycles. The summed E-state index contributed by atoms with van der Waals surface area (Å²) < 4.78 is 31.3. The van der Waals surface area contributed by atoms with Gasteiger partial charge in [-0.1, -0.05) is 13.8 Å². The zero-order valence-corrected chi connectivity index (χ0v) is 12.8. The molecule has 106 valence electrons. The van der Waals surface area contributed by atoms with Gasteiger partial charge in [0.15, 0.2) is 4.67 Å². The van der Waals surface area contributed by atoms with E-state index in [1.54, 1.807) is 0 Å². The molecule has 0 radical (unpaired) electrons. The van der Waals surface area contributed by atoms with E-state index >= 15 is 0 Å². The average Bonchev–Trinajstić information content (AvgIpc) is 2.69. The summed E-state index contributed by atoms with van der Waals surface area (Å²) in [4.78, 5) is 10.5. The van der Waals surface area contributed by atoms with Crippen LogP contribution in [0, 0.1) is 11.3 Å². The molecule has 1 unspecified atom stereocenters. The number of halogens is 1. The smallest absolute Gasteiger partial charge is 0.371 e. The van der Waals surface area contributed by atoms with Gasteiger partial charge in [0.25, 0.3) is 0 Å². The van der Waals surface area contributed by atoms with Gasteiger partial charge >= 0.3 is 5.97 Å². The molecule has 8 heteroatoms. The van der Waals surface area contributed by atoms with E-state index < -0.39 is 21.8 Å². The van der Waals surface area contributed by atoms with E-state index in [0.717, 1.165) is 12.5 Å². The summed E-state index contributed by atoms with van der Waals surface area (Å²) in [5.74, 6) is -1.42. The molecule has 19 heavy (non-hydrogen) atoms. The van der Waals surface area contributed by atoms with Crippen molar-refractivity contribution in [3.05, 3.63) is 16.5 Å². The van der Waals surface area contributed by atoms with Gasteiger partial charge in [0.05, 0.1) is 0 Å². The Morgan fingerprint density at radius 3 is 2.63 bits per heavy atom. The first-order valence-electron chi connectivity index (χ1n) is 5.66. The van der Waals surface area contributed by atoms with E-state index in [1.165, 1.54) is 0 Å². The number of hydrogen-bond acceptors (Lipinski definition) is 4. The summed E-state index contributed by atoms with van der Waals surface area (Å²) in [5.41, 5.74) is 0.169. The standard InChI is InChI=1S/C11H14BrNO5S/c1-11(2)4-6(11)5-13-19(16,17)8-3-7(10(14)15)18-9(8)12/h3,6,13H,4-5H2,1-2H3,(H,14,15). The Balaban J connectivity index is 2.13. The molecule has 0 saturated heterocycles. The van der Waals surface area contributed by atoms with Crippen LogP contribution in [0.2, 0.25) is 0 Å². The Labute approximate surface area is 119 Å². The fourth-order valence-electron chi connectivity index (χ4n) is 1.85. The van der Waals surface area contributed by atoms with E-state index in [4.69, 9.17) is 9.52 Å². The van der Waals surface area contributed by atoms with Crippen LogP contribution in [0.5, 0.6) is 0 Å². The van der Waals surface area contributed by atoms with Crippen molar-refractivity contribution < 1.29 is 22.7 Å². The van der Waals surface area contributed by atoms with Gasteiger partial charge in [-0.05, 0) is 33.7 Å². The molecule has 0 spiro atoms. The molecule has 1 aliphatic rings. The molecular formula is C11H14BrNO5S. The molecule has 1 atom stereocenters. The van der Waals surface area contributed by atoms with E-state index in [-0.39, 0.29) is 15.0 Å². The number of carbonyl (C=O) groups is 1. The summed E-state index contributed by atoms with van der Waals surface area (Å²) in [6.45, 7) is 4.49. The maximum atomic E-state index is 12.0. The van der Waals surface area contributed by atoms with Crippen LogP contribution in [0.1, 0.15) is 30.8 Å². The summed E-state index contributed by atoms with van der Waals surface area (Å²) >= 11 is 2.92. The molecule has 0 amide bonds. The third-order valence-electron chi connectivity index (χ3n) is 3.39. The van der Waals surface area contributed by atoms with Crippen molar-refractivity contribution in [3.63, 3.8) is 0 Å². The molecule has 2 rings (SSSR count). The number of furan rings is 1. The van der Waals surface area contributed by atoms with Crippen LogP contribution < -0.4 is 4.72 Å². The first-order chi connectivity index (χ1) is 8.63. The van der Waals surface area contributed by atoms with Crippen molar-refractivity contribution in [2.24, 2.45) is 11.3 Å². The van der Waals surface area contributed by atoms with Crippen LogP contribution in [0.4, 0.5) is 0 Å². The Morgan fingerprint density at radius 2 is 2.21 bits per heavy atom. The predicted octanol–water partition coefficient (Wildman–Crippen LogP) is 2.06. The van der Waals surface area contributed by atoms with Crippen molar-refractivity contribution in [3.8, 4) is 0 Å². The number of carboxylic acid groups (broad SMARTS) is 1. The van der Waals surface area contributed by atoms with E-state index in [9.17, 15) is 13.2 Å². The lowest BCUT2D eigenvalue weighted by molar-refractivity contribution is 0.0661. The molecule has 1 aromatic heterocycles. The Bertz CT molecular complexity index is 619. The van der Waals surface area contributed by atoms with Crippen LogP contribution in [-0.2, 0) is 10.0 Å². The second-order valence-electron chi connectivity index (χ2n) is 5.30. The normalized spacial score (nSPS) is 21.3. The molecule has 6 nitrogen and oxygen atoms in total. The second kappa shape index (κ2) is 4.60. The Morgan fingerprint density at radius 1 is 1.63 bits per heavy atom. The Hall–Kier alpha value is -0.860. The Kier molecular flexibility index (Phi) is 3.53. The first-order valence-corrected chi connectivity index (χ1v) is 7.93. The number of nitrogens with one attached hydrogen (secondary N) is 1. The highest BCUT2D eigenvalue weighted by atomic mass is 79.9. The van der Waals surface area contributed by atoms with Crippen LogP contribution >= 0.6 is 15.9 Å². The van der Waals surface area contributed by atoms with Crippen molar-refractivity contribution in [1.29, 1.82) is 0 Å². The second-order valence-corrected chi connectivity index (χ2v) is 7.75. The first kappa shape index (κ1) is 14.5. The van der Waals surface area contributed by atoms with E-state index in [1.807, 2.05) is 0 Å². The molecule has 0 bridgehead atoms. The van der Waals surface area contributed by atoms with Crippen LogP contribution in [0.25, 0.3) is 0 Å². The third-order valence-corrected chi connectivity index (χ3v) is 5.67. The molecule has 2 N–H and O–H groups in total. The third kappa shape index (κ3) is 3.01. The quantitative estimate of drug-likeness (QED) is 0.846. The van der Waals surface area contributed by atoms with Gasteiger partial charge in [-0.25, -0.2) is 17.9 Å². The van der Waals surface area contributed by atoms with Gasteiger partial charge in [-0.3, -0.25) is 0 Å².